The van der Waals surface area contributed by atoms with E-state index in [9.17, 15) is 4.79 Å². The van der Waals surface area contributed by atoms with Gasteiger partial charge in [0.25, 0.3) is 0 Å². The SMILES string of the molecule is C[C@@H]1CCCCN1C(=O)CCc1cnn(C)c1. The average Bonchev–Trinajstić information content (AvgIpc) is 2.73. The zero-order valence-electron chi connectivity index (χ0n) is 10.7. The molecular weight excluding hydrogens is 214 g/mol. The third-order valence-electron chi connectivity index (χ3n) is 3.51. The second kappa shape index (κ2) is 5.34. The number of hydrogen-bond acceptors (Lipinski definition) is 2. The number of aromatic nitrogens is 2. The van der Waals surface area contributed by atoms with E-state index in [0.717, 1.165) is 31.4 Å². The first kappa shape index (κ1) is 12.1. The van der Waals surface area contributed by atoms with Crippen molar-refractivity contribution in [3.63, 3.8) is 0 Å². The quantitative estimate of drug-likeness (QED) is 0.800. The van der Waals surface area contributed by atoms with Gasteiger partial charge < -0.3 is 4.90 Å². The Morgan fingerprint density at radius 3 is 3.00 bits per heavy atom. The maximum Gasteiger partial charge on any atom is 0.223 e. The molecule has 1 aromatic rings. The molecule has 0 unspecified atom stereocenters. The van der Waals surface area contributed by atoms with Crippen LogP contribution >= 0.6 is 0 Å². The smallest absolute Gasteiger partial charge is 0.223 e. The van der Waals surface area contributed by atoms with E-state index < -0.39 is 0 Å². The minimum Gasteiger partial charge on any atom is -0.340 e. The van der Waals surface area contributed by atoms with Gasteiger partial charge in [0.15, 0.2) is 0 Å². The summed E-state index contributed by atoms with van der Waals surface area (Å²) in [5.74, 6) is 0.293. The molecule has 0 spiro atoms. The van der Waals surface area contributed by atoms with Crippen LogP contribution in [-0.2, 0) is 18.3 Å². The lowest BCUT2D eigenvalue weighted by Gasteiger charge is -2.33. The lowest BCUT2D eigenvalue weighted by atomic mass is 10.0. The van der Waals surface area contributed by atoms with Crippen LogP contribution in [0.5, 0.6) is 0 Å². The highest BCUT2D eigenvalue weighted by Gasteiger charge is 2.22. The lowest BCUT2D eigenvalue weighted by Crippen LogP contribution is -2.42. The van der Waals surface area contributed by atoms with E-state index in [-0.39, 0.29) is 0 Å². The van der Waals surface area contributed by atoms with E-state index >= 15 is 0 Å². The van der Waals surface area contributed by atoms with Crippen molar-refractivity contribution in [2.75, 3.05) is 6.54 Å². The van der Waals surface area contributed by atoms with E-state index in [4.69, 9.17) is 0 Å². The van der Waals surface area contributed by atoms with Crippen molar-refractivity contribution in [2.45, 2.75) is 45.1 Å². The molecule has 4 heteroatoms. The van der Waals surface area contributed by atoms with E-state index in [2.05, 4.69) is 12.0 Å². The first-order chi connectivity index (χ1) is 8.16. The topological polar surface area (TPSA) is 38.1 Å². The van der Waals surface area contributed by atoms with Crippen molar-refractivity contribution in [2.24, 2.45) is 7.05 Å². The minimum absolute atomic E-state index is 0.293. The third kappa shape index (κ3) is 3.08. The number of aryl methyl sites for hydroxylation is 2. The summed E-state index contributed by atoms with van der Waals surface area (Å²) in [7, 11) is 1.90. The average molecular weight is 235 g/mol. The standard InChI is InChI=1S/C13H21N3O/c1-11-5-3-4-8-16(11)13(17)7-6-12-9-14-15(2)10-12/h9-11H,3-8H2,1-2H3/t11-/m1/s1. The van der Waals surface area contributed by atoms with Gasteiger partial charge in [-0.2, -0.15) is 5.10 Å². The molecule has 0 bridgehead atoms. The molecule has 1 atom stereocenters. The molecule has 17 heavy (non-hydrogen) atoms. The van der Waals surface area contributed by atoms with Crippen molar-refractivity contribution in [1.29, 1.82) is 0 Å². The van der Waals surface area contributed by atoms with E-state index in [0.29, 0.717) is 18.4 Å². The van der Waals surface area contributed by atoms with Crippen LogP contribution in [0.4, 0.5) is 0 Å². The molecule has 94 valence electrons. The van der Waals surface area contributed by atoms with Crippen molar-refractivity contribution in [3.05, 3.63) is 18.0 Å². The van der Waals surface area contributed by atoms with Crippen LogP contribution in [0.1, 0.15) is 38.2 Å². The molecule has 1 fully saturated rings. The Labute approximate surface area is 103 Å². The molecule has 4 nitrogen and oxygen atoms in total. The third-order valence-corrected chi connectivity index (χ3v) is 3.51. The Morgan fingerprint density at radius 1 is 1.53 bits per heavy atom. The van der Waals surface area contributed by atoms with Gasteiger partial charge in [-0.3, -0.25) is 9.48 Å². The van der Waals surface area contributed by atoms with Crippen LogP contribution in [0, 0.1) is 0 Å². The van der Waals surface area contributed by atoms with Crippen molar-refractivity contribution >= 4 is 5.91 Å². The van der Waals surface area contributed by atoms with Crippen LogP contribution in [0.2, 0.25) is 0 Å². The molecule has 1 aliphatic heterocycles. The first-order valence-corrected chi connectivity index (χ1v) is 6.44. The zero-order chi connectivity index (χ0) is 12.3. The summed E-state index contributed by atoms with van der Waals surface area (Å²) in [6.45, 7) is 3.09. The number of carbonyl (C=O) groups excluding carboxylic acids is 1. The van der Waals surface area contributed by atoms with Gasteiger partial charge in [0, 0.05) is 32.3 Å². The second-order valence-electron chi connectivity index (χ2n) is 4.95. The van der Waals surface area contributed by atoms with Gasteiger partial charge in [-0.25, -0.2) is 0 Å². The number of nitrogens with zero attached hydrogens (tertiary/aromatic N) is 3. The predicted molar refractivity (Wildman–Crippen MR) is 66.6 cm³/mol. The highest BCUT2D eigenvalue weighted by molar-refractivity contribution is 5.76. The highest BCUT2D eigenvalue weighted by atomic mass is 16.2. The summed E-state index contributed by atoms with van der Waals surface area (Å²) >= 11 is 0. The number of amides is 1. The molecule has 1 amide bonds. The van der Waals surface area contributed by atoms with Crippen LogP contribution in [-0.4, -0.2) is 33.2 Å². The summed E-state index contributed by atoms with van der Waals surface area (Å²) in [4.78, 5) is 14.1. The maximum atomic E-state index is 12.1. The summed E-state index contributed by atoms with van der Waals surface area (Å²) < 4.78 is 1.78. The summed E-state index contributed by atoms with van der Waals surface area (Å²) in [6.07, 6.45) is 8.79. The Bertz CT molecular complexity index is 386. The van der Waals surface area contributed by atoms with Crippen LogP contribution in [0.15, 0.2) is 12.4 Å². The van der Waals surface area contributed by atoms with Crippen LogP contribution in [0.3, 0.4) is 0 Å². The van der Waals surface area contributed by atoms with E-state index in [1.807, 2.05) is 24.3 Å². The number of carbonyl (C=O) groups is 1. The Kier molecular flexibility index (Phi) is 3.82. The van der Waals surface area contributed by atoms with Gasteiger partial charge >= 0.3 is 0 Å². The molecule has 0 N–H and O–H groups in total. The van der Waals surface area contributed by atoms with Gasteiger partial charge in [0.05, 0.1) is 6.20 Å². The maximum absolute atomic E-state index is 12.1. The molecule has 0 radical (unpaired) electrons. The normalized spacial score (nSPS) is 20.6. The number of likely N-dealkylation sites (tertiary alicyclic amines) is 1. The number of piperidine rings is 1. The van der Waals surface area contributed by atoms with Gasteiger partial charge in [0.2, 0.25) is 5.91 Å². The molecule has 1 aromatic heterocycles. The fraction of sp³-hybridized carbons (Fsp3) is 0.692. The van der Waals surface area contributed by atoms with E-state index in [1.54, 1.807) is 4.68 Å². The van der Waals surface area contributed by atoms with Crippen molar-refractivity contribution < 1.29 is 4.79 Å². The van der Waals surface area contributed by atoms with Gasteiger partial charge in [0.1, 0.15) is 0 Å². The Balaban J connectivity index is 1.84. The fourth-order valence-corrected chi connectivity index (χ4v) is 2.46. The largest absolute Gasteiger partial charge is 0.340 e. The molecule has 1 aliphatic rings. The zero-order valence-corrected chi connectivity index (χ0v) is 10.7. The fourth-order valence-electron chi connectivity index (χ4n) is 2.46. The van der Waals surface area contributed by atoms with Gasteiger partial charge in [-0.15, -0.1) is 0 Å². The number of rotatable bonds is 3. The molecular formula is C13H21N3O. The lowest BCUT2D eigenvalue weighted by molar-refractivity contribution is -0.134. The highest BCUT2D eigenvalue weighted by Crippen LogP contribution is 2.17. The molecule has 2 heterocycles. The molecule has 0 aliphatic carbocycles. The summed E-state index contributed by atoms with van der Waals surface area (Å²) in [5, 5.41) is 4.11. The van der Waals surface area contributed by atoms with Gasteiger partial charge in [-0.1, -0.05) is 0 Å². The first-order valence-electron chi connectivity index (χ1n) is 6.44. The van der Waals surface area contributed by atoms with Crippen molar-refractivity contribution in [3.8, 4) is 0 Å². The Hall–Kier alpha value is -1.32. The minimum atomic E-state index is 0.293. The van der Waals surface area contributed by atoms with Crippen molar-refractivity contribution in [1.82, 2.24) is 14.7 Å². The number of hydrogen-bond donors (Lipinski definition) is 0. The van der Waals surface area contributed by atoms with E-state index in [1.165, 1.54) is 6.42 Å². The molecule has 1 saturated heterocycles. The van der Waals surface area contributed by atoms with Crippen LogP contribution < -0.4 is 0 Å². The monoisotopic (exact) mass is 235 g/mol. The second-order valence-corrected chi connectivity index (χ2v) is 4.95. The Morgan fingerprint density at radius 2 is 2.35 bits per heavy atom. The van der Waals surface area contributed by atoms with Crippen LogP contribution in [0.25, 0.3) is 0 Å². The molecule has 0 saturated carbocycles. The van der Waals surface area contributed by atoms with Gasteiger partial charge in [-0.05, 0) is 38.2 Å². The molecule has 0 aromatic carbocycles. The predicted octanol–water partition coefficient (Wildman–Crippen LogP) is 1.75. The summed E-state index contributed by atoms with van der Waals surface area (Å²) in [5.41, 5.74) is 1.14. The molecule has 2 rings (SSSR count). The summed E-state index contributed by atoms with van der Waals surface area (Å²) in [6, 6.07) is 0.421.